The molecule has 1 unspecified atom stereocenters. The van der Waals surface area contributed by atoms with Gasteiger partial charge in [-0.05, 0) is 54.4 Å². The molecule has 0 spiro atoms. The van der Waals surface area contributed by atoms with E-state index in [9.17, 15) is 0 Å². The maximum absolute atomic E-state index is 5.20. The number of pyridine rings is 1. The number of hydrogen-bond donors (Lipinski definition) is 1. The highest BCUT2D eigenvalue weighted by atomic mass is 15.0. The lowest BCUT2D eigenvalue weighted by atomic mass is 9.88. The van der Waals surface area contributed by atoms with Crippen LogP contribution in [0, 0.1) is 0 Å². The summed E-state index contributed by atoms with van der Waals surface area (Å²) in [5, 5.41) is 8.64. The molecule has 1 heterocycles. The predicted octanol–water partition coefficient (Wildman–Crippen LogP) is 9.10. The summed E-state index contributed by atoms with van der Waals surface area (Å²) in [6.45, 7) is 4.28. The molecule has 6 aromatic rings. The molecule has 0 fully saturated rings. The molecule has 0 aliphatic heterocycles. The molecule has 39 heavy (non-hydrogen) atoms. The van der Waals surface area contributed by atoms with Crippen molar-refractivity contribution in [2.75, 3.05) is 5.32 Å². The van der Waals surface area contributed by atoms with Crippen LogP contribution in [0.2, 0.25) is 0 Å². The maximum Gasteiger partial charge on any atom is 0.0846 e. The number of aromatic nitrogens is 1. The first-order chi connectivity index (χ1) is 19.1. The number of nitrogens with one attached hydrogen (secondary N) is 1. The van der Waals surface area contributed by atoms with Crippen molar-refractivity contribution in [3.8, 4) is 0 Å². The third-order valence-corrected chi connectivity index (χ3v) is 7.34. The van der Waals surface area contributed by atoms with Crippen molar-refractivity contribution >= 4 is 38.6 Å². The van der Waals surface area contributed by atoms with Crippen LogP contribution in [0.5, 0.6) is 0 Å². The Hall–Kier alpha value is -4.76. The summed E-state index contributed by atoms with van der Waals surface area (Å²) in [6.07, 6.45) is 0.785. The third-order valence-electron chi connectivity index (χ3n) is 7.34. The van der Waals surface area contributed by atoms with Crippen molar-refractivity contribution in [2.24, 2.45) is 4.99 Å². The van der Waals surface area contributed by atoms with Crippen molar-refractivity contribution in [2.45, 2.75) is 25.8 Å². The molecule has 3 nitrogen and oxygen atoms in total. The van der Waals surface area contributed by atoms with Gasteiger partial charge in [0, 0.05) is 22.9 Å². The van der Waals surface area contributed by atoms with Crippen LogP contribution >= 0.6 is 0 Å². The lowest BCUT2D eigenvalue weighted by molar-refractivity contribution is 0.523. The van der Waals surface area contributed by atoms with Gasteiger partial charge in [-0.3, -0.25) is 4.99 Å². The molecule has 3 heteroatoms. The second-order valence-electron chi connectivity index (χ2n) is 10.2. The first kappa shape index (κ1) is 24.6. The van der Waals surface area contributed by atoms with E-state index in [-0.39, 0.29) is 0 Å². The minimum Gasteiger partial charge on any atom is -0.373 e. The van der Waals surface area contributed by atoms with Crippen LogP contribution in [0.1, 0.15) is 30.8 Å². The molecule has 0 saturated carbocycles. The Morgan fingerprint density at radius 3 is 2.08 bits per heavy atom. The van der Waals surface area contributed by atoms with Gasteiger partial charge in [-0.2, -0.15) is 0 Å². The topological polar surface area (TPSA) is 37.3 Å². The summed E-state index contributed by atoms with van der Waals surface area (Å²) in [6, 6.07) is 46.4. The minimum atomic E-state index is -0.457. The molecule has 0 bridgehead atoms. The normalized spacial score (nSPS) is 13.3. The standard InChI is InChI=1S/C36H31N3/c1-26(37-33-22-10-17-28-15-6-8-19-30(28)33)32-21-12-24-35(38-32)36(2,25-27-13-4-3-5-14-27)39-34-23-11-18-29-16-7-9-20-31(29)34/h3-24,39H,25H2,1-2H3. The molecule has 190 valence electrons. The molecule has 0 radical (unpaired) electrons. The van der Waals surface area contributed by atoms with Crippen molar-refractivity contribution in [1.29, 1.82) is 0 Å². The van der Waals surface area contributed by atoms with Crippen LogP contribution in [0.25, 0.3) is 21.5 Å². The van der Waals surface area contributed by atoms with E-state index < -0.39 is 5.54 Å². The van der Waals surface area contributed by atoms with E-state index >= 15 is 0 Å². The van der Waals surface area contributed by atoms with Crippen molar-refractivity contribution < 1.29 is 0 Å². The van der Waals surface area contributed by atoms with E-state index in [1.54, 1.807) is 0 Å². The Labute approximate surface area is 229 Å². The van der Waals surface area contributed by atoms with Gasteiger partial charge in [0.15, 0.2) is 0 Å². The fourth-order valence-corrected chi connectivity index (χ4v) is 5.32. The van der Waals surface area contributed by atoms with E-state index in [1.165, 1.54) is 21.7 Å². The average molecular weight is 506 g/mol. The third kappa shape index (κ3) is 5.17. The summed E-state index contributed by atoms with van der Waals surface area (Å²) in [5.74, 6) is 0. The van der Waals surface area contributed by atoms with Crippen LogP contribution in [0.15, 0.2) is 138 Å². The molecule has 0 saturated heterocycles. The van der Waals surface area contributed by atoms with Crippen LogP contribution in [0.3, 0.4) is 0 Å². The Morgan fingerprint density at radius 2 is 1.28 bits per heavy atom. The number of aliphatic imine (C=N–C) groups is 1. The summed E-state index contributed by atoms with van der Waals surface area (Å²) in [4.78, 5) is 10.2. The maximum atomic E-state index is 5.20. The lowest BCUT2D eigenvalue weighted by Gasteiger charge is -2.33. The fraction of sp³-hybridized carbons (Fsp3) is 0.111. The van der Waals surface area contributed by atoms with Gasteiger partial charge in [-0.1, -0.05) is 109 Å². The van der Waals surface area contributed by atoms with Crippen LogP contribution in [0.4, 0.5) is 11.4 Å². The first-order valence-corrected chi connectivity index (χ1v) is 13.4. The van der Waals surface area contributed by atoms with Crippen molar-refractivity contribution in [3.63, 3.8) is 0 Å². The second kappa shape index (κ2) is 10.5. The molecule has 0 amide bonds. The minimum absolute atomic E-state index is 0.457. The van der Waals surface area contributed by atoms with Gasteiger partial charge in [-0.25, -0.2) is 4.98 Å². The summed E-state index contributed by atoms with van der Waals surface area (Å²) in [5.41, 5.74) is 5.59. The summed E-state index contributed by atoms with van der Waals surface area (Å²) < 4.78 is 0. The van der Waals surface area contributed by atoms with Crippen LogP contribution in [-0.2, 0) is 12.0 Å². The zero-order chi connectivity index (χ0) is 26.7. The number of nitrogens with zero attached hydrogens (tertiary/aromatic N) is 2. The Balaban J connectivity index is 1.42. The molecule has 0 aliphatic carbocycles. The van der Waals surface area contributed by atoms with E-state index in [4.69, 9.17) is 9.98 Å². The van der Waals surface area contributed by atoms with Crippen LogP contribution < -0.4 is 5.32 Å². The summed E-state index contributed by atoms with van der Waals surface area (Å²) >= 11 is 0. The molecular formula is C36H31N3. The Morgan fingerprint density at radius 1 is 0.667 bits per heavy atom. The molecular weight excluding hydrogens is 474 g/mol. The van der Waals surface area contributed by atoms with Gasteiger partial charge in [0.2, 0.25) is 0 Å². The van der Waals surface area contributed by atoms with Gasteiger partial charge in [0.25, 0.3) is 0 Å². The number of fused-ring (bicyclic) bond motifs is 2. The Kier molecular flexibility index (Phi) is 6.64. The smallest absolute Gasteiger partial charge is 0.0846 e. The monoisotopic (exact) mass is 505 g/mol. The van der Waals surface area contributed by atoms with Gasteiger partial charge in [0.1, 0.15) is 0 Å². The van der Waals surface area contributed by atoms with Gasteiger partial charge >= 0.3 is 0 Å². The lowest BCUT2D eigenvalue weighted by Crippen LogP contribution is -2.36. The molecule has 1 N–H and O–H groups in total. The fourth-order valence-electron chi connectivity index (χ4n) is 5.32. The zero-order valence-electron chi connectivity index (χ0n) is 22.3. The number of hydrogen-bond acceptors (Lipinski definition) is 3. The number of anilines is 1. The quantitative estimate of drug-likeness (QED) is 0.220. The van der Waals surface area contributed by atoms with Gasteiger partial charge in [0.05, 0.1) is 28.3 Å². The van der Waals surface area contributed by atoms with Crippen molar-refractivity contribution in [3.05, 3.63) is 150 Å². The predicted molar refractivity (Wildman–Crippen MR) is 165 cm³/mol. The summed E-state index contributed by atoms with van der Waals surface area (Å²) in [7, 11) is 0. The Bertz CT molecular complexity index is 1780. The number of rotatable bonds is 7. The first-order valence-electron chi connectivity index (χ1n) is 13.4. The van der Waals surface area contributed by atoms with Crippen LogP contribution in [-0.4, -0.2) is 10.7 Å². The molecule has 6 rings (SSSR count). The van der Waals surface area contributed by atoms with Crippen molar-refractivity contribution in [1.82, 2.24) is 4.98 Å². The van der Waals surface area contributed by atoms with Gasteiger partial charge < -0.3 is 5.32 Å². The van der Waals surface area contributed by atoms with Gasteiger partial charge in [-0.15, -0.1) is 0 Å². The van der Waals surface area contributed by atoms with E-state index in [0.29, 0.717) is 0 Å². The molecule has 5 aromatic carbocycles. The van der Waals surface area contributed by atoms with E-state index in [0.717, 1.165) is 40.3 Å². The molecule has 0 aliphatic rings. The highest BCUT2D eigenvalue weighted by Crippen LogP contribution is 2.33. The van der Waals surface area contributed by atoms with E-state index in [2.05, 4.69) is 140 Å². The highest BCUT2D eigenvalue weighted by molar-refractivity contribution is 6.02. The number of benzene rings is 5. The SMILES string of the molecule is CC(=Nc1cccc2ccccc12)c1cccc(C(C)(Cc2ccccc2)Nc2cccc3ccccc23)n1. The highest BCUT2D eigenvalue weighted by Gasteiger charge is 2.29. The second-order valence-corrected chi connectivity index (χ2v) is 10.2. The molecule has 1 atom stereocenters. The van der Waals surface area contributed by atoms with E-state index in [1.807, 2.05) is 13.0 Å². The zero-order valence-corrected chi connectivity index (χ0v) is 22.3. The molecule has 1 aromatic heterocycles. The average Bonchev–Trinajstić information content (AvgIpc) is 2.98. The largest absolute Gasteiger partial charge is 0.373 e.